The third kappa shape index (κ3) is 4.85. The van der Waals surface area contributed by atoms with Gasteiger partial charge in [0, 0.05) is 12.1 Å². The van der Waals surface area contributed by atoms with Crippen molar-refractivity contribution in [2.45, 2.75) is 25.7 Å². The number of hydrogen-bond acceptors (Lipinski definition) is 4. The molecular formula is C19H22N2O5S. The van der Waals surface area contributed by atoms with Crippen LogP contribution >= 0.6 is 0 Å². The lowest BCUT2D eigenvalue weighted by Gasteiger charge is -2.18. The Morgan fingerprint density at radius 3 is 2.26 bits per heavy atom. The highest BCUT2D eigenvalue weighted by molar-refractivity contribution is 7.92. The zero-order chi connectivity index (χ0) is 20.2. The molecule has 0 saturated heterocycles. The van der Waals surface area contributed by atoms with Crippen molar-refractivity contribution < 1.29 is 23.1 Å². The Balaban J connectivity index is 2.24. The quantitative estimate of drug-likeness (QED) is 0.756. The number of likely N-dealkylation sites (N-methyl/N-ethyl adjacent to an activating group) is 1. The first kappa shape index (κ1) is 20.4. The summed E-state index contributed by atoms with van der Waals surface area (Å²) in [5.41, 5.74) is 2.52. The summed E-state index contributed by atoms with van der Waals surface area (Å²) in [7, 11) is -3.81. The monoisotopic (exact) mass is 390 g/mol. The Morgan fingerprint density at radius 2 is 1.70 bits per heavy atom. The predicted octanol–water partition coefficient (Wildman–Crippen LogP) is 2.65. The van der Waals surface area contributed by atoms with E-state index in [-0.39, 0.29) is 17.0 Å². The van der Waals surface area contributed by atoms with Gasteiger partial charge in [-0.3, -0.25) is 14.3 Å². The zero-order valence-electron chi connectivity index (χ0n) is 15.4. The number of sulfonamides is 1. The highest BCUT2D eigenvalue weighted by Gasteiger charge is 2.19. The van der Waals surface area contributed by atoms with Crippen LogP contribution in [-0.4, -0.2) is 43.4 Å². The van der Waals surface area contributed by atoms with Crippen LogP contribution in [0.1, 0.15) is 28.4 Å². The molecule has 0 radical (unpaired) electrons. The van der Waals surface area contributed by atoms with Gasteiger partial charge in [0.1, 0.15) is 6.54 Å². The second kappa shape index (κ2) is 8.22. The van der Waals surface area contributed by atoms with E-state index >= 15 is 0 Å². The van der Waals surface area contributed by atoms with Crippen LogP contribution in [0.5, 0.6) is 0 Å². The van der Waals surface area contributed by atoms with Crippen LogP contribution in [0.3, 0.4) is 0 Å². The topological polar surface area (TPSA) is 104 Å². The second-order valence-electron chi connectivity index (χ2n) is 6.09. The predicted molar refractivity (Wildman–Crippen MR) is 102 cm³/mol. The van der Waals surface area contributed by atoms with Gasteiger partial charge in [0.05, 0.1) is 10.6 Å². The number of nitrogens with one attached hydrogen (secondary N) is 1. The zero-order valence-corrected chi connectivity index (χ0v) is 16.2. The van der Waals surface area contributed by atoms with E-state index in [1.807, 2.05) is 19.9 Å². The molecule has 2 N–H and O–H groups in total. The number of benzene rings is 2. The molecular weight excluding hydrogens is 368 g/mol. The first-order chi connectivity index (χ1) is 12.7. The minimum atomic E-state index is -3.81. The standard InChI is InChI=1S/C19H22N2O5S/c1-4-21(12-18(22)23)19(24)15-8-10-16(11-9-15)27(25,26)20-17-7-5-6-13(2)14(17)3/h5-11,20H,4,12H2,1-3H3,(H,22,23). The van der Waals surface area contributed by atoms with Crippen LogP contribution in [0.25, 0.3) is 0 Å². The van der Waals surface area contributed by atoms with E-state index in [2.05, 4.69) is 4.72 Å². The van der Waals surface area contributed by atoms with Crippen molar-refractivity contribution in [3.63, 3.8) is 0 Å². The smallest absolute Gasteiger partial charge is 0.323 e. The summed E-state index contributed by atoms with van der Waals surface area (Å²) >= 11 is 0. The van der Waals surface area contributed by atoms with E-state index in [4.69, 9.17) is 5.11 Å². The SMILES string of the molecule is CCN(CC(=O)O)C(=O)c1ccc(S(=O)(=O)Nc2cccc(C)c2C)cc1. The number of carbonyl (C=O) groups excluding carboxylic acids is 1. The molecule has 1 amide bonds. The maximum atomic E-state index is 12.6. The molecule has 0 fully saturated rings. The molecule has 0 heterocycles. The number of carbonyl (C=O) groups is 2. The third-order valence-electron chi connectivity index (χ3n) is 4.26. The van der Waals surface area contributed by atoms with Gasteiger partial charge in [0.25, 0.3) is 15.9 Å². The van der Waals surface area contributed by atoms with Gasteiger partial charge in [0.15, 0.2) is 0 Å². The number of aryl methyl sites for hydroxylation is 1. The Labute approximate surface area is 158 Å². The summed E-state index contributed by atoms with van der Waals surface area (Å²) < 4.78 is 27.7. The fourth-order valence-corrected chi connectivity index (χ4v) is 3.64. The number of nitrogens with zero attached hydrogens (tertiary/aromatic N) is 1. The molecule has 2 aromatic rings. The van der Waals surface area contributed by atoms with Crippen molar-refractivity contribution >= 4 is 27.6 Å². The molecule has 2 aromatic carbocycles. The van der Waals surface area contributed by atoms with Crippen molar-refractivity contribution in [3.8, 4) is 0 Å². The largest absolute Gasteiger partial charge is 0.480 e. The van der Waals surface area contributed by atoms with Crippen molar-refractivity contribution in [2.75, 3.05) is 17.8 Å². The Morgan fingerprint density at radius 1 is 1.07 bits per heavy atom. The molecule has 0 saturated carbocycles. The molecule has 7 nitrogen and oxygen atoms in total. The van der Waals surface area contributed by atoms with E-state index in [0.29, 0.717) is 5.69 Å². The number of carboxylic acids is 1. The minimum absolute atomic E-state index is 0.0150. The minimum Gasteiger partial charge on any atom is -0.480 e. The summed E-state index contributed by atoms with van der Waals surface area (Å²) in [6, 6.07) is 10.8. The first-order valence-corrected chi connectivity index (χ1v) is 9.84. The first-order valence-electron chi connectivity index (χ1n) is 8.36. The fourth-order valence-electron chi connectivity index (χ4n) is 2.52. The summed E-state index contributed by atoms with van der Waals surface area (Å²) in [4.78, 5) is 24.4. The molecule has 0 aromatic heterocycles. The molecule has 27 heavy (non-hydrogen) atoms. The van der Waals surface area contributed by atoms with E-state index < -0.39 is 28.4 Å². The number of anilines is 1. The Kier molecular flexibility index (Phi) is 6.22. The molecule has 0 aliphatic rings. The van der Waals surface area contributed by atoms with E-state index in [9.17, 15) is 18.0 Å². The average Bonchev–Trinajstić information content (AvgIpc) is 2.63. The summed E-state index contributed by atoms with van der Waals surface area (Å²) in [5, 5.41) is 8.86. The van der Waals surface area contributed by atoms with Gasteiger partial charge < -0.3 is 10.0 Å². The molecule has 0 bridgehead atoms. The number of aliphatic carboxylic acids is 1. The van der Waals surface area contributed by atoms with Crippen LogP contribution in [0.4, 0.5) is 5.69 Å². The normalized spacial score (nSPS) is 11.1. The van der Waals surface area contributed by atoms with Crippen LogP contribution in [0, 0.1) is 13.8 Å². The Hall–Kier alpha value is -2.87. The Bertz CT molecular complexity index is 953. The number of amides is 1. The second-order valence-corrected chi connectivity index (χ2v) is 7.77. The number of rotatable bonds is 7. The van der Waals surface area contributed by atoms with Crippen LogP contribution in [-0.2, 0) is 14.8 Å². The van der Waals surface area contributed by atoms with Crippen molar-refractivity contribution in [1.82, 2.24) is 4.90 Å². The van der Waals surface area contributed by atoms with Crippen LogP contribution in [0.2, 0.25) is 0 Å². The fraction of sp³-hybridized carbons (Fsp3) is 0.263. The highest BCUT2D eigenvalue weighted by atomic mass is 32.2. The van der Waals surface area contributed by atoms with Crippen molar-refractivity contribution in [2.24, 2.45) is 0 Å². The summed E-state index contributed by atoms with van der Waals surface area (Å²) in [5.74, 6) is -1.58. The third-order valence-corrected chi connectivity index (χ3v) is 5.64. The maximum Gasteiger partial charge on any atom is 0.323 e. The van der Waals surface area contributed by atoms with Gasteiger partial charge in [-0.15, -0.1) is 0 Å². The molecule has 0 aliphatic carbocycles. The summed E-state index contributed by atoms with van der Waals surface area (Å²) in [6.45, 7) is 5.22. The van der Waals surface area contributed by atoms with Crippen LogP contribution < -0.4 is 4.72 Å². The van der Waals surface area contributed by atoms with E-state index in [0.717, 1.165) is 11.1 Å². The van der Waals surface area contributed by atoms with Gasteiger partial charge >= 0.3 is 5.97 Å². The van der Waals surface area contributed by atoms with Crippen molar-refractivity contribution in [1.29, 1.82) is 0 Å². The number of carboxylic acid groups (broad SMARTS) is 1. The van der Waals surface area contributed by atoms with E-state index in [1.54, 1.807) is 19.1 Å². The van der Waals surface area contributed by atoms with Gasteiger partial charge in [-0.1, -0.05) is 12.1 Å². The van der Waals surface area contributed by atoms with Gasteiger partial charge in [-0.25, -0.2) is 8.42 Å². The molecule has 0 spiro atoms. The molecule has 0 unspecified atom stereocenters. The van der Waals surface area contributed by atoms with E-state index in [1.165, 1.54) is 29.2 Å². The maximum absolute atomic E-state index is 12.6. The lowest BCUT2D eigenvalue weighted by molar-refractivity contribution is -0.137. The van der Waals surface area contributed by atoms with Gasteiger partial charge in [0.2, 0.25) is 0 Å². The summed E-state index contributed by atoms with van der Waals surface area (Å²) in [6.07, 6.45) is 0. The molecule has 0 aliphatic heterocycles. The molecule has 0 atom stereocenters. The molecule has 144 valence electrons. The average molecular weight is 390 g/mol. The van der Waals surface area contributed by atoms with Gasteiger partial charge in [-0.2, -0.15) is 0 Å². The lowest BCUT2D eigenvalue weighted by atomic mass is 10.1. The lowest BCUT2D eigenvalue weighted by Crippen LogP contribution is -2.35. The molecule has 2 rings (SSSR count). The number of hydrogen-bond donors (Lipinski definition) is 2. The molecule has 8 heteroatoms. The van der Waals surface area contributed by atoms with Crippen LogP contribution in [0.15, 0.2) is 47.4 Å². The van der Waals surface area contributed by atoms with Crippen molar-refractivity contribution in [3.05, 3.63) is 59.2 Å². The highest BCUT2D eigenvalue weighted by Crippen LogP contribution is 2.22. The van der Waals surface area contributed by atoms with Gasteiger partial charge in [-0.05, 0) is 62.2 Å².